The average molecular weight is 782 g/mol. The Morgan fingerprint density at radius 3 is 2.23 bits per heavy atom. The summed E-state index contributed by atoms with van der Waals surface area (Å²) < 4.78 is 52.2. The van der Waals surface area contributed by atoms with Crippen LogP contribution in [0.15, 0.2) is 30.3 Å². The Kier molecular flexibility index (Phi) is 13.2. The molecule has 56 heavy (non-hydrogen) atoms. The van der Waals surface area contributed by atoms with Crippen molar-refractivity contribution >= 4 is 28.5 Å². The van der Waals surface area contributed by atoms with Crippen LogP contribution in [0.4, 0.5) is 29.5 Å². The minimum absolute atomic E-state index is 0.0648. The SMILES string of the molecule is COc1cc2nc(C)nc(N[C@H](C)c3cc(N)cc(C(F)(F)F)c3)c2cc1C1CCC(CN2CCN(CCCC3CCN(C(=O)OC(C)(C)C)CC3)CC2)CC1. The van der Waals surface area contributed by atoms with Gasteiger partial charge in [0.1, 0.15) is 23.0 Å². The van der Waals surface area contributed by atoms with Gasteiger partial charge in [-0.1, -0.05) is 0 Å². The number of carbonyl (C=O) groups excluding carboxylic acids is 1. The van der Waals surface area contributed by atoms with E-state index >= 15 is 0 Å². The number of alkyl halides is 3. The Labute approximate surface area is 330 Å². The molecule has 1 aromatic heterocycles. The fraction of sp³-hybridized carbons (Fsp3) is 0.651. The maximum absolute atomic E-state index is 13.6. The third kappa shape index (κ3) is 11.0. The Balaban J connectivity index is 0.978. The van der Waals surface area contributed by atoms with Crippen LogP contribution in [-0.2, 0) is 10.9 Å². The number of methoxy groups -OCH3 is 1. The van der Waals surface area contributed by atoms with Crippen molar-refractivity contribution in [2.75, 3.05) is 70.5 Å². The zero-order chi connectivity index (χ0) is 40.2. The molecule has 1 amide bonds. The Hall–Kier alpha value is -3.84. The molecule has 1 saturated carbocycles. The molecule has 6 rings (SSSR count). The number of likely N-dealkylation sites (tertiary alicyclic amines) is 1. The van der Waals surface area contributed by atoms with Crippen LogP contribution in [-0.4, -0.2) is 95.8 Å². The smallest absolute Gasteiger partial charge is 0.416 e. The molecule has 3 heterocycles. The molecule has 2 aromatic carbocycles. The van der Waals surface area contributed by atoms with Gasteiger partial charge < -0.3 is 35.2 Å². The number of fused-ring (bicyclic) bond motifs is 1. The topological polar surface area (TPSA) is 109 Å². The molecular weight excluding hydrogens is 720 g/mol. The monoisotopic (exact) mass is 781 g/mol. The summed E-state index contributed by atoms with van der Waals surface area (Å²) in [7, 11) is 1.70. The number of hydrogen-bond donors (Lipinski definition) is 2. The van der Waals surface area contributed by atoms with Crippen LogP contribution in [0.1, 0.15) is 114 Å². The molecule has 10 nitrogen and oxygen atoms in total. The van der Waals surface area contributed by atoms with E-state index < -0.39 is 23.4 Å². The normalized spacial score (nSPS) is 21.3. The first-order valence-electron chi connectivity index (χ1n) is 20.6. The van der Waals surface area contributed by atoms with Gasteiger partial charge in [-0.3, -0.25) is 0 Å². The Bertz CT molecular complexity index is 1790. The second kappa shape index (κ2) is 17.7. The van der Waals surface area contributed by atoms with Crippen LogP contribution in [0.25, 0.3) is 10.9 Å². The average Bonchev–Trinajstić information content (AvgIpc) is 3.14. The number of carbonyl (C=O) groups is 1. The molecule has 13 heteroatoms. The van der Waals surface area contributed by atoms with E-state index in [1.54, 1.807) is 13.2 Å². The van der Waals surface area contributed by atoms with Crippen molar-refractivity contribution in [2.45, 2.75) is 110 Å². The molecule has 1 atom stereocenters. The first-order chi connectivity index (χ1) is 26.5. The third-order valence-corrected chi connectivity index (χ3v) is 11.9. The summed E-state index contributed by atoms with van der Waals surface area (Å²) in [5, 5.41) is 4.19. The van der Waals surface area contributed by atoms with Crippen molar-refractivity contribution in [3.8, 4) is 5.75 Å². The number of nitrogen functional groups attached to an aromatic ring is 1. The summed E-state index contributed by atoms with van der Waals surface area (Å²) in [4.78, 5) is 28.9. The first kappa shape index (κ1) is 41.8. The Morgan fingerprint density at radius 1 is 0.911 bits per heavy atom. The molecule has 308 valence electrons. The lowest BCUT2D eigenvalue weighted by Crippen LogP contribution is -2.48. The number of aromatic nitrogens is 2. The molecule has 0 spiro atoms. The van der Waals surface area contributed by atoms with Gasteiger partial charge in [-0.25, -0.2) is 14.8 Å². The number of nitrogens with two attached hydrogens (primary N) is 1. The van der Waals surface area contributed by atoms with Gasteiger partial charge in [-0.15, -0.1) is 0 Å². The lowest BCUT2D eigenvalue weighted by molar-refractivity contribution is -0.137. The fourth-order valence-electron chi connectivity index (χ4n) is 8.82. The number of anilines is 2. The number of halogens is 3. The second-order valence-corrected chi connectivity index (χ2v) is 17.4. The van der Waals surface area contributed by atoms with Crippen molar-refractivity contribution in [1.29, 1.82) is 0 Å². The molecule has 3 fully saturated rings. The van der Waals surface area contributed by atoms with E-state index in [1.807, 2.05) is 45.6 Å². The summed E-state index contributed by atoms with van der Waals surface area (Å²) in [6, 6.07) is 7.28. The molecule has 3 aliphatic rings. The summed E-state index contributed by atoms with van der Waals surface area (Å²) in [6.45, 7) is 17.7. The van der Waals surface area contributed by atoms with Crippen LogP contribution in [0.3, 0.4) is 0 Å². The number of amides is 1. The lowest BCUT2D eigenvalue weighted by Gasteiger charge is -2.38. The van der Waals surface area contributed by atoms with Crippen LogP contribution < -0.4 is 15.8 Å². The molecule has 2 saturated heterocycles. The highest BCUT2D eigenvalue weighted by Crippen LogP contribution is 2.43. The van der Waals surface area contributed by atoms with Crippen LogP contribution >= 0.6 is 0 Å². The van der Waals surface area contributed by atoms with E-state index in [4.69, 9.17) is 20.2 Å². The first-order valence-corrected chi connectivity index (χ1v) is 20.6. The molecule has 2 aliphatic heterocycles. The number of piperidine rings is 1. The Morgan fingerprint density at radius 2 is 1.59 bits per heavy atom. The molecule has 3 N–H and O–H groups in total. The van der Waals surface area contributed by atoms with Crippen molar-refractivity contribution in [2.24, 2.45) is 11.8 Å². The summed E-state index contributed by atoms with van der Waals surface area (Å²) >= 11 is 0. The van der Waals surface area contributed by atoms with Crippen molar-refractivity contribution in [1.82, 2.24) is 24.7 Å². The maximum atomic E-state index is 13.6. The number of hydrogen-bond acceptors (Lipinski definition) is 9. The second-order valence-electron chi connectivity index (χ2n) is 17.4. The van der Waals surface area contributed by atoms with Gasteiger partial charge in [-0.2, -0.15) is 13.2 Å². The van der Waals surface area contributed by atoms with E-state index in [-0.39, 0.29) is 11.8 Å². The highest BCUT2D eigenvalue weighted by atomic mass is 19.4. The highest BCUT2D eigenvalue weighted by Gasteiger charge is 2.32. The van der Waals surface area contributed by atoms with Gasteiger partial charge in [0.25, 0.3) is 0 Å². The number of nitrogens with one attached hydrogen (secondary N) is 1. The van der Waals surface area contributed by atoms with Gasteiger partial charge in [0.15, 0.2) is 0 Å². The highest BCUT2D eigenvalue weighted by molar-refractivity contribution is 5.91. The predicted molar refractivity (Wildman–Crippen MR) is 216 cm³/mol. The quantitative estimate of drug-likeness (QED) is 0.184. The number of nitrogens with zero attached hydrogens (tertiary/aromatic N) is 5. The van der Waals surface area contributed by atoms with Crippen molar-refractivity contribution < 1.29 is 27.4 Å². The van der Waals surface area contributed by atoms with Gasteiger partial charge >= 0.3 is 12.3 Å². The molecule has 0 bridgehead atoms. The molecular formula is C43H62F3N7O3. The van der Waals surface area contributed by atoms with E-state index in [1.165, 1.54) is 12.8 Å². The largest absolute Gasteiger partial charge is 0.496 e. The van der Waals surface area contributed by atoms with E-state index in [0.717, 1.165) is 125 Å². The molecule has 0 unspecified atom stereocenters. The minimum atomic E-state index is -4.49. The predicted octanol–water partition coefficient (Wildman–Crippen LogP) is 9.04. The number of piperazine rings is 1. The number of ether oxygens (including phenoxy) is 2. The number of rotatable bonds is 11. The lowest BCUT2D eigenvalue weighted by atomic mass is 9.78. The standard InChI is InChI=1S/C43H62F3N7O3/c1-28(33-22-34(43(44,45)46)24-35(47)23-33)48-40-37-25-36(39(55-6)26-38(37)49-29(2)50-40)32-11-9-31(10-12-32)27-52-20-18-51(19-21-52)15-7-8-30-13-16-53(17-14-30)41(54)56-42(3,4)5/h22-26,28,30-32H,7-21,27,47H2,1-6H3,(H,48,49,50)/t28-,31?,32?/m1/s1. The van der Waals surface area contributed by atoms with Gasteiger partial charge in [-0.05, 0) is 146 Å². The van der Waals surface area contributed by atoms with E-state index in [0.29, 0.717) is 35.0 Å². The van der Waals surface area contributed by atoms with Crippen molar-refractivity contribution in [3.63, 3.8) is 0 Å². The molecule has 1 aliphatic carbocycles. The van der Waals surface area contributed by atoms with E-state index in [9.17, 15) is 18.0 Å². The van der Waals surface area contributed by atoms with Crippen LogP contribution in [0.5, 0.6) is 5.75 Å². The minimum Gasteiger partial charge on any atom is -0.496 e. The third-order valence-electron chi connectivity index (χ3n) is 11.9. The summed E-state index contributed by atoms with van der Waals surface area (Å²) in [5.41, 5.74) is 7.01. The molecule has 0 radical (unpaired) electrons. The number of benzene rings is 2. The van der Waals surface area contributed by atoms with E-state index in [2.05, 4.69) is 26.2 Å². The maximum Gasteiger partial charge on any atom is 0.416 e. The summed E-state index contributed by atoms with van der Waals surface area (Å²) in [6.07, 6.45) is 4.35. The van der Waals surface area contributed by atoms with Gasteiger partial charge in [0.2, 0.25) is 0 Å². The number of aryl methyl sites for hydroxylation is 1. The summed E-state index contributed by atoms with van der Waals surface area (Å²) in [5.74, 6) is 3.64. The zero-order valence-electron chi connectivity index (χ0n) is 34.2. The van der Waals surface area contributed by atoms with Crippen LogP contribution in [0, 0.1) is 18.8 Å². The van der Waals surface area contributed by atoms with Crippen molar-refractivity contribution in [3.05, 3.63) is 52.8 Å². The zero-order valence-corrected chi connectivity index (χ0v) is 34.2. The fourth-order valence-corrected chi connectivity index (χ4v) is 8.82. The molecule has 3 aromatic rings. The van der Waals surface area contributed by atoms with Gasteiger partial charge in [0, 0.05) is 63.0 Å². The van der Waals surface area contributed by atoms with Crippen LogP contribution in [0.2, 0.25) is 0 Å². The van der Waals surface area contributed by atoms with Gasteiger partial charge in [0.05, 0.1) is 24.2 Å².